The van der Waals surface area contributed by atoms with Crippen LogP contribution in [0.5, 0.6) is 0 Å². The monoisotopic (exact) mass is 234 g/mol. The summed E-state index contributed by atoms with van der Waals surface area (Å²) in [6, 6.07) is 0. The van der Waals surface area contributed by atoms with Gasteiger partial charge in [-0.05, 0) is 19.3 Å². The number of amides is 1. The Labute approximate surface area is 90.7 Å². The van der Waals surface area contributed by atoms with E-state index in [0.717, 1.165) is 6.42 Å². The molecule has 0 aromatic carbocycles. The van der Waals surface area contributed by atoms with Crippen molar-refractivity contribution in [1.29, 1.82) is 0 Å². The highest BCUT2D eigenvalue weighted by atomic mass is 32.2. The Morgan fingerprint density at radius 3 is 2.47 bits per heavy atom. The number of carbonyl (C=O) groups is 1. The normalized spacial score (nSPS) is 24.9. The fourth-order valence-corrected chi connectivity index (χ4v) is 1.93. The van der Waals surface area contributed by atoms with E-state index in [1.807, 2.05) is 6.92 Å². The van der Waals surface area contributed by atoms with Crippen molar-refractivity contribution in [2.45, 2.75) is 20.3 Å². The molecule has 88 valence electrons. The SMILES string of the molecule is CCS(=O)(=O)NCCNC(=O)[C@H]1C[C@H]1C. The maximum Gasteiger partial charge on any atom is 0.223 e. The third-order valence-electron chi connectivity index (χ3n) is 2.57. The molecule has 15 heavy (non-hydrogen) atoms. The third kappa shape index (κ3) is 4.17. The Hall–Kier alpha value is -0.620. The summed E-state index contributed by atoms with van der Waals surface area (Å²) in [5.74, 6) is 0.740. The van der Waals surface area contributed by atoms with E-state index in [9.17, 15) is 13.2 Å². The highest BCUT2D eigenvalue weighted by Crippen LogP contribution is 2.37. The van der Waals surface area contributed by atoms with E-state index in [1.165, 1.54) is 0 Å². The van der Waals surface area contributed by atoms with Gasteiger partial charge < -0.3 is 5.32 Å². The van der Waals surface area contributed by atoms with Crippen LogP contribution in [0.3, 0.4) is 0 Å². The first-order chi connectivity index (χ1) is 6.96. The molecule has 2 N–H and O–H groups in total. The molecule has 5 nitrogen and oxygen atoms in total. The van der Waals surface area contributed by atoms with Crippen LogP contribution in [0, 0.1) is 11.8 Å². The van der Waals surface area contributed by atoms with E-state index in [4.69, 9.17) is 0 Å². The van der Waals surface area contributed by atoms with Crippen molar-refractivity contribution < 1.29 is 13.2 Å². The topological polar surface area (TPSA) is 75.3 Å². The zero-order valence-electron chi connectivity index (χ0n) is 9.12. The Morgan fingerprint density at radius 1 is 1.40 bits per heavy atom. The van der Waals surface area contributed by atoms with Gasteiger partial charge >= 0.3 is 0 Å². The van der Waals surface area contributed by atoms with Crippen LogP contribution in [0.2, 0.25) is 0 Å². The van der Waals surface area contributed by atoms with Crippen LogP contribution in [-0.2, 0) is 14.8 Å². The van der Waals surface area contributed by atoms with Gasteiger partial charge in [0.1, 0.15) is 0 Å². The molecule has 0 aromatic heterocycles. The summed E-state index contributed by atoms with van der Waals surface area (Å²) in [6.07, 6.45) is 0.951. The number of nitrogens with one attached hydrogen (secondary N) is 2. The van der Waals surface area contributed by atoms with Crippen LogP contribution >= 0.6 is 0 Å². The van der Waals surface area contributed by atoms with Gasteiger partial charge in [0.25, 0.3) is 0 Å². The molecule has 2 atom stereocenters. The lowest BCUT2D eigenvalue weighted by atomic mass is 10.3. The fraction of sp³-hybridized carbons (Fsp3) is 0.889. The molecule has 6 heteroatoms. The van der Waals surface area contributed by atoms with Crippen molar-refractivity contribution in [3.8, 4) is 0 Å². The van der Waals surface area contributed by atoms with Crippen molar-refractivity contribution in [1.82, 2.24) is 10.0 Å². The molecule has 1 rings (SSSR count). The number of carbonyl (C=O) groups excluding carboxylic acids is 1. The molecule has 1 aliphatic carbocycles. The van der Waals surface area contributed by atoms with Gasteiger partial charge in [0.05, 0.1) is 5.75 Å². The van der Waals surface area contributed by atoms with Gasteiger partial charge in [-0.3, -0.25) is 4.79 Å². The zero-order chi connectivity index (χ0) is 11.5. The van der Waals surface area contributed by atoms with E-state index in [2.05, 4.69) is 10.0 Å². The van der Waals surface area contributed by atoms with Crippen LogP contribution in [0.4, 0.5) is 0 Å². The summed E-state index contributed by atoms with van der Waals surface area (Å²) in [6.45, 7) is 4.24. The summed E-state index contributed by atoms with van der Waals surface area (Å²) >= 11 is 0. The van der Waals surface area contributed by atoms with Crippen molar-refractivity contribution in [2.24, 2.45) is 11.8 Å². The summed E-state index contributed by atoms with van der Waals surface area (Å²) in [7, 11) is -3.13. The van der Waals surface area contributed by atoms with Crippen LogP contribution in [-0.4, -0.2) is 33.2 Å². The van der Waals surface area contributed by atoms with Crippen molar-refractivity contribution in [2.75, 3.05) is 18.8 Å². The van der Waals surface area contributed by atoms with Crippen LogP contribution in [0.15, 0.2) is 0 Å². The molecule has 0 radical (unpaired) electrons. The molecule has 0 bridgehead atoms. The Kier molecular flexibility index (Phi) is 4.10. The summed E-state index contributed by atoms with van der Waals surface area (Å²) in [5, 5.41) is 2.71. The summed E-state index contributed by atoms with van der Waals surface area (Å²) in [5.41, 5.74) is 0. The lowest BCUT2D eigenvalue weighted by molar-refractivity contribution is -0.122. The van der Waals surface area contributed by atoms with Crippen molar-refractivity contribution in [3.05, 3.63) is 0 Å². The molecule has 1 fully saturated rings. The third-order valence-corrected chi connectivity index (χ3v) is 3.98. The van der Waals surface area contributed by atoms with E-state index in [-0.39, 0.29) is 24.1 Å². The standard InChI is InChI=1S/C9H18N2O3S/c1-3-15(13,14)11-5-4-10-9(12)8-6-7(8)2/h7-8,11H,3-6H2,1-2H3,(H,10,12)/t7-,8+/m1/s1. The number of rotatable bonds is 6. The molecule has 0 aromatic rings. The molecule has 1 aliphatic rings. The van der Waals surface area contributed by atoms with Gasteiger partial charge in [-0.1, -0.05) is 6.92 Å². The largest absolute Gasteiger partial charge is 0.355 e. The van der Waals surface area contributed by atoms with E-state index >= 15 is 0 Å². The highest BCUT2D eigenvalue weighted by molar-refractivity contribution is 7.89. The summed E-state index contributed by atoms with van der Waals surface area (Å²) < 4.78 is 24.4. The van der Waals surface area contributed by atoms with Gasteiger partial charge in [0, 0.05) is 19.0 Å². The van der Waals surface area contributed by atoms with Gasteiger partial charge in [-0.15, -0.1) is 0 Å². The lowest BCUT2D eigenvalue weighted by Gasteiger charge is -2.05. The van der Waals surface area contributed by atoms with Crippen molar-refractivity contribution in [3.63, 3.8) is 0 Å². The zero-order valence-corrected chi connectivity index (χ0v) is 9.93. The maximum absolute atomic E-state index is 11.3. The predicted octanol–water partition coefficient (Wildman–Crippen LogP) is -0.302. The van der Waals surface area contributed by atoms with Crippen LogP contribution in [0.25, 0.3) is 0 Å². The highest BCUT2D eigenvalue weighted by Gasteiger charge is 2.38. The lowest BCUT2D eigenvalue weighted by Crippen LogP contribution is -2.36. The first kappa shape index (κ1) is 12.4. The van der Waals surface area contributed by atoms with Crippen molar-refractivity contribution >= 4 is 15.9 Å². The van der Waals surface area contributed by atoms with Crippen LogP contribution < -0.4 is 10.0 Å². The smallest absolute Gasteiger partial charge is 0.223 e. The molecule has 0 heterocycles. The number of hydrogen-bond donors (Lipinski definition) is 2. The number of hydrogen-bond acceptors (Lipinski definition) is 3. The second-order valence-corrected chi connectivity index (χ2v) is 6.00. The molecule has 0 unspecified atom stereocenters. The predicted molar refractivity (Wildman–Crippen MR) is 57.7 cm³/mol. The molecule has 0 spiro atoms. The van der Waals surface area contributed by atoms with Gasteiger partial charge in [-0.25, -0.2) is 13.1 Å². The minimum absolute atomic E-state index is 0.0400. The first-order valence-corrected chi connectivity index (χ1v) is 6.86. The Bertz CT molecular complexity index is 326. The molecule has 0 saturated heterocycles. The number of sulfonamides is 1. The first-order valence-electron chi connectivity index (χ1n) is 5.21. The van der Waals surface area contributed by atoms with E-state index in [0.29, 0.717) is 12.5 Å². The molecule has 0 aliphatic heterocycles. The maximum atomic E-state index is 11.3. The average Bonchev–Trinajstić information content (AvgIpc) is 2.90. The van der Waals surface area contributed by atoms with Gasteiger partial charge in [0.15, 0.2) is 0 Å². The molecular weight excluding hydrogens is 216 g/mol. The molecule has 1 amide bonds. The minimum Gasteiger partial charge on any atom is -0.355 e. The fourth-order valence-electron chi connectivity index (χ4n) is 1.31. The minimum atomic E-state index is -3.13. The average molecular weight is 234 g/mol. The Balaban J connectivity index is 2.09. The quantitative estimate of drug-likeness (QED) is 0.619. The van der Waals surface area contributed by atoms with Gasteiger partial charge in [0.2, 0.25) is 15.9 Å². The second-order valence-electron chi connectivity index (χ2n) is 3.91. The Morgan fingerprint density at radius 2 is 2.00 bits per heavy atom. The van der Waals surface area contributed by atoms with E-state index in [1.54, 1.807) is 6.92 Å². The molecular formula is C9H18N2O3S. The second kappa shape index (κ2) is 4.94. The summed E-state index contributed by atoms with van der Waals surface area (Å²) in [4.78, 5) is 11.3. The van der Waals surface area contributed by atoms with Crippen LogP contribution in [0.1, 0.15) is 20.3 Å². The van der Waals surface area contributed by atoms with Gasteiger partial charge in [-0.2, -0.15) is 0 Å². The molecule has 1 saturated carbocycles. The van der Waals surface area contributed by atoms with E-state index < -0.39 is 10.0 Å².